The molecular weight excluding hydrogens is 288 g/mol. The summed E-state index contributed by atoms with van der Waals surface area (Å²) in [7, 11) is 0. The molecule has 0 N–H and O–H groups in total. The van der Waals surface area contributed by atoms with Crippen LogP contribution in [-0.2, 0) is 0 Å². The molecule has 0 unspecified atom stereocenters. The highest BCUT2D eigenvalue weighted by molar-refractivity contribution is 5.42. The summed E-state index contributed by atoms with van der Waals surface area (Å²) in [5, 5.41) is 0. The fraction of sp³-hybridized carbons (Fsp3) is 0.158. The van der Waals surface area contributed by atoms with Crippen LogP contribution in [0.1, 0.15) is 16.7 Å². The fourth-order valence-electron chi connectivity index (χ4n) is 2.17. The summed E-state index contributed by atoms with van der Waals surface area (Å²) in [5.41, 5.74) is 2.86. The van der Waals surface area contributed by atoms with E-state index in [1.54, 1.807) is 0 Å². The second-order valence-electron chi connectivity index (χ2n) is 5.34. The molecule has 0 saturated heterocycles. The molecule has 2 aromatic carbocycles. The Balaban J connectivity index is 1.90. The molecule has 0 fully saturated rings. The minimum Gasteiger partial charge on any atom is -0.438 e. The van der Waals surface area contributed by atoms with E-state index in [0.717, 1.165) is 28.2 Å². The Bertz CT molecular complexity index is 765. The van der Waals surface area contributed by atoms with Gasteiger partial charge in [0.15, 0.2) is 0 Å². The summed E-state index contributed by atoms with van der Waals surface area (Å²) in [4.78, 5) is 8.45. The van der Waals surface area contributed by atoms with Gasteiger partial charge >= 0.3 is 0 Å². The van der Waals surface area contributed by atoms with E-state index < -0.39 is 0 Å². The van der Waals surface area contributed by atoms with Gasteiger partial charge in [0.1, 0.15) is 17.8 Å². The van der Waals surface area contributed by atoms with Gasteiger partial charge in [0.05, 0.1) is 5.56 Å². The molecule has 23 heavy (non-hydrogen) atoms. The van der Waals surface area contributed by atoms with Gasteiger partial charge in [0, 0.05) is 0 Å². The lowest BCUT2D eigenvalue weighted by molar-refractivity contribution is 0.423. The van der Waals surface area contributed by atoms with E-state index in [2.05, 4.69) is 9.97 Å². The molecule has 0 spiro atoms. The number of para-hydroxylation sites is 2. The van der Waals surface area contributed by atoms with Crippen LogP contribution in [-0.4, -0.2) is 9.97 Å². The number of aryl methyl sites for hydroxylation is 2. The number of benzene rings is 2. The van der Waals surface area contributed by atoms with E-state index in [9.17, 15) is 0 Å². The van der Waals surface area contributed by atoms with Crippen molar-refractivity contribution in [3.63, 3.8) is 0 Å². The number of ether oxygens (including phenoxy) is 2. The normalized spacial score (nSPS) is 10.4. The van der Waals surface area contributed by atoms with E-state index in [1.165, 1.54) is 6.33 Å². The number of nitrogens with zero attached hydrogens (tertiary/aromatic N) is 2. The molecular formula is C19H18N2O2. The second kappa shape index (κ2) is 6.48. The molecule has 3 rings (SSSR count). The maximum Gasteiger partial charge on any atom is 0.229 e. The SMILES string of the molecule is Cc1ccccc1Oc1ncnc(Oc2ccccc2C)c1C. The zero-order chi connectivity index (χ0) is 16.2. The summed E-state index contributed by atoms with van der Waals surface area (Å²) in [6, 6.07) is 15.6. The highest BCUT2D eigenvalue weighted by Gasteiger charge is 2.12. The van der Waals surface area contributed by atoms with Crippen molar-refractivity contribution in [2.45, 2.75) is 20.8 Å². The van der Waals surface area contributed by atoms with Crippen molar-refractivity contribution < 1.29 is 9.47 Å². The Morgan fingerprint density at radius 3 is 1.52 bits per heavy atom. The molecule has 0 radical (unpaired) electrons. The van der Waals surface area contributed by atoms with Crippen molar-refractivity contribution >= 4 is 0 Å². The van der Waals surface area contributed by atoms with E-state index in [1.807, 2.05) is 69.3 Å². The Hall–Kier alpha value is -2.88. The molecule has 1 heterocycles. The Kier molecular flexibility index (Phi) is 4.24. The highest BCUT2D eigenvalue weighted by Crippen LogP contribution is 2.32. The van der Waals surface area contributed by atoms with Gasteiger partial charge < -0.3 is 9.47 Å². The Morgan fingerprint density at radius 2 is 1.09 bits per heavy atom. The topological polar surface area (TPSA) is 44.2 Å². The van der Waals surface area contributed by atoms with Gasteiger partial charge in [-0.2, -0.15) is 0 Å². The van der Waals surface area contributed by atoms with Crippen LogP contribution in [0.4, 0.5) is 0 Å². The molecule has 0 amide bonds. The number of hydrogen-bond donors (Lipinski definition) is 0. The average Bonchev–Trinajstić information content (AvgIpc) is 2.55. The van der Waals surface area contributed by atoms with Crippen molar-refractivity contribution in [3.05, 3.63) is 71.5 Å². The molecule has 0 atom stereocenters. The van der Waals surface area contributed by atoms with Gasteiger partial charge in [-0.15, -0.1) is 0 Å². The largest absolute Gasteiger partial charge is 0.438 e. The summed E-state index contributed by atoms with van der Waals surface area (Å²) < 4.78 is 11.8. The Morgan fingerprint density at radius 1 is 0.652 bits per heavy atom. The second-order valence-corrected chi connectivity index (χ2v) is 5.34. The zero-order valence-corrected chi connectivity index (χ0v) is 13.4. The monoisotopic (exact) mass is 306 g/mol. The van der Waals surface area contributed by atoms with Crippen LogP contribution in [0.3, 0.4) is 0 Å². The van der Waals surface area contributed by atoms with Crippen LogP contribution >= 0.6 is 0 Å². The van der Waals surface area contributed by atoms with Crippen LogP contribution in [0, 0.1) is 20.8 Å². The van der Waals surface area contributed by atoms with E-state index in [4.69, 9.17) is 9.47 Å². The van der Waals surface area contributed by atoms with Crippen LogP contribution < -0.4 is 9.47 Å². The highest BCUT2D eigenvalue weighted by atomic mass is 16.5. The molecule has 3 aromatic rings. The van der Waals surface area contributed by atoms with Crippen molar-refractivity contribution in [1.29, 1.82) is 0 Å². The maximum atomic E-state index is 5.92. The number of hydrogen-bond acceptors (Lipinski definition) is 4. The van der Waals surface area contributed by atoms with Crippen LogP contribution in [0.5, 0.6) is 23.3 Å². The minimum atomic E-state index is 0.498. The van der Waals surface area contributed by atoms with Crippen molar-refractivity contribution in [1.82, 2.24) is 9.97 Å². The van der Waals surface area contributed by atoms with Gasteiger partial charge in [-0.1, -0.05) is 36.4 Å². The molecule has 4 heteroatoms. The first-order valence-corrected chi connectivity index (χ1v) is 7.43. The summed E-state index contributed by atoms with van der Waals surface area (Å²) in [6.45, 7) is 5.88. The van der Waals surface area contributed by atoms with E-state index in [0.29, 0.717) is 11.8 Å². The lowest BCUT2D eigenvalue weighted by atomic mass is 10.2. The van der Waals surface area contributed by atoms with Gasteiger partial charge in [0.25, 0.3) is 0 Å². The molecule has 0 aliphatic carbocycles. The average molecular weight is 306 g/mol. The predicted octanol–water partition coefficient (Wildman–Crippen LogP) is 4.99. The van der Waals surface area contributed by atoms with Gasteiger partial charge in [-0.25, -0.2) is 9.97 Å². The van der Waals surface area contributed by atoms with Crippen LogP contribution in [0.15, 0.2) is 54.9 Å². The molecule has 0 aliphatic heterocycles. The maximum absolute atomic E-state index is 5.92. The molecule has 4 nitrogen and oxygen atoms in total. The molecule has 0 aliphatic rings. The lowest BCUT2D eigenvalue weighted by Crippen LogP contribution is -1.98. The summed E-state index contributed by atoms with van der Waals surface area (Å²) in [6.07, 6.45) is 1.45. The van der Waals surface area contributed by atoms with E-state index in [-0.39, 0.29) is 0 Å². The van der Waals surface area contributed by atoms with Crippen molar-refractivity contribution in [3.8, 4) is 23.3 Å². The molecule has 116 valence electrons. The minimum absolute atomic E-state index is 0.498. The summed E-state index contributed by atoms with van der Waals surface area (Å²) in [5.74, 6) is 2.54. The third-order valence-electron chi connectivity index (χ3n) is 3.59. The van der Waals surface area contributed by atoms with Crippen molar-refractivity contribution in [2.24, 2.45) is 0 Å². The predicted molar refractivity (Wildman–Crippen MR) is 89.3 cm³/mol. The quantitative estimate of drug-likeness (QED) is 0.681. The third-order valence-corrected chi connectivity index (χ3v) is 3.59. The van der Waals surface area contributed by atoms with Gasteiger partial charge in [-0.3, -0.25) is 0 Å². The third kappa shape index (κ3) is 3.31. The standard InChI is InChI=1S/C19H18N2O2/c1-13-8-4-6-10-16(13)22-18-15(3)19(21-12-20-18)23-17-11-7-5-9-14(17)2/h4-12H,1-3H3. The van der Waals surface area contributed by atoms with Gasteiger partial charge in [0.2, 0.25) is 11.8 Å². The van der Waals surface area contributed by atoms with Gasteiger partial charge in [-0.05, 0) is 44.0 Å². The molecule has 1 aromatic heterocycles. The fourth-order valence-corrected chi connectivity index (χ4v) is 2.17. The Labute approximate surface area is 135 Å². The first kappa shape index (κ1) is 15.0. The smallest absolute Gasteiger partial charge is 0.229 e. The number of rotatable bonds is 4. The van der Waals surface area contributed by atoms with Crippen LogP contribution in [0.2, 0.25) is 0 Å². The van der Waals surface area contributed by atoms with E-state index >= 15 is 0 Å². The summed E-state index contributed by atoms with van der Waals surface area (Å²) >= 11 is 0. The molecule has 0 saturated carbocycles. The first-order valence-electron chi connectivity index (χ1n) is 7.43. The number of aromatic nitrogens is 2. The molecule has 0 bridgehead atoms. The van der Waals surface area contributed by atoms with Crippen LogP contribution in [0.25, 0.3) is 0 Å². The first-order chi connectivity index (χ1) is 11.1. The zero-order valence-electron chi connectivity index (χ0n) is 13.4. The van der Waals surface area contributed by atoms with Crippen molar-refractivity contribution in [2.75, 3.05) is 0 Å². The lowest BCUT2D eigenvalue weighted by Gasteiger charge is -2.13.